The first kappa shape index (κ1) is 15.4. The van der Waals surface area contributed by atoms with Gasteiger partial charge in [0.2, 0.25) is 0 Å². The Morgan fingerprint density at radius 1 is 1.05 bits per heavy atom. The van der Waals surface area contributed by atoms with E-state index in [1.165, 1.54) is 6.92 Å². The lowest BCUT2D eigenvalue weighted by atomic mass is 10.1. The molecule has 21 heavy (non-hydrogen) atoms. The van der Waals surface area contributed by atoms with Gasteiger partial charge in [0.25, 0.3) is 0 Å². The second-order valence-electron chi connectivity index (χ2n) is 5.15. The molecular weight excluding hydrogens is 284 g/mol. The standard InChI is InChI=1S/C17H18O3S/c1-13-7-6-10-16(11-13)21(19,20)17(14(2)18)12-15-8-4-3-5-9-15/h3-11,17H,12H2,1-2H3. The number of sulfone groups is 1. The number of benzene rings is 2. The zero-order valence-corrected chi connectivity index (χ0v) is 12.9. The number of carbonyl (C=O) groups is 1. The van der Waals surface area contributed by atoms with E-state index in [0.29, 0.717) is 0 Å². The summed E-state index contributed by atoms with van der Waals surface area (Å²) >= 11 is 0. The van der Waals surface area contributed by atoms with Crippen molar-refractivity contribution in [1.82, 2.24) is 0 Å². The maximum Gasteiger partial charge on any atom is 0.188 e. The molecule has 0 N–H and O–H groups in total. The molecule has 110 valence electrons. The number of aryl methyl sites for hydroxylation is 1. The van der Waals surface area contributed by atoms with E-state index in [4.69, 9.17) is 0 Å². The summed E-state index contributed by atoms with van der Waals surface area (Å²) in [5, 5.41) is -1.04. The molecule has 2 rings (SSSR count). The SMILES string of the molecule is CC(=O)C(Cc1ccccc1)S(=O)(=O)c1cccc(C)c1. The first-order valence-corrected chi connectivity index (χ1v) is 8.31. The first-order valence-electron chi connectivity index (χ1n) is 6.76. The lowest BCUT2D eigenvalue weighted by Gasteiger charge is -2.15. The molecule has 0 saturated heterocycles. The third kappa shape index (κ3) is 3.58. The van der Waals surface area contributed by atoms with Crippen molar-refractivity contribution in [1.29, 1.82) is 0 Å². The molecule has 0 heterocycles. The van der Waals surface area contributed by atoms with E-state index in [9.17, 15) is 13.2 Å². The molecule has 0 aliphatic carbocycles. The Labute approximate surface area is 125 Å². The quantitative estimate of drug-likeness (QED) is 0.853. The summed E-state index contributed by atoms with van der Waals surface area (Å²) in [6.45, 7) is 3.17. The molecule has 4 heteroatoms. The lowest BCUT2D eigenvalue weighted by molar-refractivity contribution is -0.116. The van der Waals surface area contributed by atoms with Crippen molar-refractivity contribution < 1.29 is 13.2 Å². The Hall–Kier alpha value is -1.94. The van der Waals surface area contributed by atoms with E-state index < -0.39 is 15.1 Å². The summed E-state index contributed by atoms with van der Waals surface area (Å²) < 4.78 is 25.4. The van der Waals surface area contributed by atoms with Crippen LogP contribution >= 0.6 is 0 Å². The molecule has 0 bridgehead atoms. The third-order valence-electron chi connectivity index (χ3n) is 3.41. The van der Waals surface area contributed by atoms with Gasteiger partial charge in [0.05, 0.1) is 4.90 Å². The van der Waals surface area contributed by atoms with Crippen molar-refractivity contribution in [2.24, 2.45) is 0 Å². The monoisotopic (exact) mass is 302 g/mol. The molecule has 0 aliphatic rings. The van der Waals surface area contributed by atoms with Crippen LogP contribution in [0.2, 0.25) is 0 Å². The van der Waals surface area contributed by atoms with Crippen molar-refractivity contribution in [3.63, 3.8) is 0 Å². The van der Waals surface area contributed by atoms with Crippen LogP contribution in [0.5, 0.6) is 0 Å². The normalized spacial score (nSPS) is 12.9. The second-order valence-corrected chi connectivity index (χ2v) is 7.28. The Morgan fingerprint density at radius 2 is 1.71 bits per heavy atom. The highest BCUT2D eigenvalue weighted by atomic mass is 32.2. The maximum absolute atomic E-state index is 12.7. The molecule has 1 atom stereocenters. The van der Waals surface area contributed by atoms with Crippen LogP contribution in [0.3, 0.4) is 0 Å². The number of hydrogen-bond acceptors (Lipinski definition) is 3. The number of ketones is 1. The van der Waals surface area contributed by atoms with Gasteiger partial charge in [-0.05, 0) is 43.5 Å². The van der Waals surface area contributed by atoms with Crippen molar-refractivity contribution in [2.45, 2.75) is 30.4 Å². The third-order valence-corrected chi connectivity index (χ3v) is 5.57. The van der Waals surface area contributed by atoms with E-state index in [2.05, 4.69) is 0 Å². The average molecular weight is 302 g/mol. The largest absolute Gasteiger partial charge is 0.299 e. The minimum Gasteiger partial charge on any atom is -0.299 e. The zero-order valence-electron chi connectivity index (χ0n) is 12.1. The van der Waals surface area contributed by atoms with E-state index in [1.807, 2.05) is 43.3 Å². The fourth-order valence-electron chi connectivity index (χ4n) is 2.26. The van der Waals surface area contributed by atoms with Crippen LogP contribution in [0.25, 0.3) is 0 Å². The highest BCUT2D eigenvalue weighted by molar-refractivity contribution is 7.92. The maximum atomic E-state index is 12.7. The van der Waals surface area contributed by atoms with Crippen LogP contribution in [0, 0.1) is 6.92 Å². The lowest BCUT2D eigenvalue weighted by Crippen LogP contribution is -2.31. The van der Waals surface area contributed by atoms with Crippen LogP contribution < -0.4 is 0 Å². The van der Waals surface area contributed by atoms with Gasteiger partial charge in [0.15, 0.2) is 9.84 Å². The van der Waals surface area contributed by atoms with Gasteiger partial charge in [-0.3, -0.25) is 4.79 Å². The molecule has 0 aromatic heterocycles. The summed E-state index contributed by atoms with van der Waals surface area (Å²) in [7, 11) is -3.67. The first-order chi connectivity index (χ1) is 9.91. The fraction of sp³-hybridized carbons (Fsp3) is 0.235. The van der Waals surface area contributed by atoms with Gasteiger partial charge in [0, 0.05) is 0 Å². The van der Waals surface area contributed by atoms with Gasteiger partial charge in [-0.15, -0.1) is 0 Å². The van der Waals surface area contributed by atoms with E-state index in [1.54, 1.807) is 18.2 Å². The molecule has 0 aliphatic heterocycles. The van der Waals surface area contributed by atoms with Crippen molar-refractivity contribution in [3.05, 3.63) is 65.7 Å². The van der Waals surface area contributed by atoms with Gasteiger partial charge < -0.3 is 0 Å². The second kappa shape index (κ2) is 6.22. The number of rotatable bonds is 5. The summed E-state index contributed by atoms with van der Waals surface area (Å²) in [5.41, 5.74) is 1.70. The van der Waals surface area contributed by atoms with E-state index in [-0.39, 0.29) is 17.1 Å². The van der Waals surface area contributed by atoms with Gasteiger partial charge in [-0.1, -0.05) is 42.5 Å². The molecule has 0 spiro atoms. The molecule has 0 saturated carbocycles. The van der Waals surface area contributed by atoms with Gasteiger partial charge in [0.1, 0.15) is 11.0 Å². The van der Waals surface area contributed by atoms with Crippen LogP contribution in [0.15, 0.2) is 59.5 Å². The Bertz CT molecular complexity index is 734. The molecule has 3 nitrogen and oxygen atoms in total. The van der Waals surface area contributed by atoms with Crippen molar-refractivity contribution >= 4 is 15.6 Å². The highest BCUT2D eigenvalue weighted by Crippen LogP contribution is 2.21. The predicted molar refractivity (Wildman–Crippen MR) is 83.0 cm³/mol. The van der Waals surface area contributed by atoms with Crippen LogP contribution in [-0.4, -0.2) is 19.5 Å². The van der Waals surface area contributed by atoms with Crippen LogP contribution in [-0.2, 0) is 21.1 Å². The minimum atomic E-state index is -3.67. The topological polar surface area (TPSA) is 51.2 Å². The predicted octanol–water partition coefficient (Wildman–Crippen LogP) is 2.97. The molecule has 0 radical (unpaired) electrons. The average Bonchev–Trinajstić information content (AvgIpc) is 2.45. The van der Waals surface area contributed by atoms with Gasteiger partial charge in [-0.25, -0.2) is 8.42 Å². The molecule has 0 amide bonds. The molecule has 2 aromatic rings. The smallest absolute Gasteiger partial charge is 0.188 e. The van der Waals surface area contributed by atoms with Gasteiger partial charge in [-0.2, -0.15) is 0 Å². The minimum absolute atomic E-state index is 0.201. The summed E-state index contributed by atoms with van der Waals surface area (Å²) in [6.07, 6.45) is 0.201. The zero-order chi connectivity index (χ0) is 15.5. The summed E-state index contributed by atoms with van der Waals surface area (Å²) in [6, 6.07) is 15.9. The van der Waals surface area contributed by atoms with E-state index in [0.717, 1.165) is 11.1 Å². The highest BCUT2D eigenvalue weighted by Gasteiger charge is 2.31. The molecular formula is C17H18O3S. The molecule has 1 unspecified atom stereocenters. The fourth-order valence-corrected chi connectivity index (χ4v) is 4.05. The van der Waals surface area contributed by atoms with Crippen molar-refractivity contribution in [3.8, 4) is 0 Å². The van der Waals surface area contributed by atoms with Crippen molar-refractivity contribution in [2.75, 3.05) is 0 Å². The Balaban J connectivity index is 2.40. The summed E-state index contributed by atoms with van der Waals surface area (Å²) in [4.78, 5) is 12.1. The number of carbonyl (C=O) groups excluding carboxylic acids is 1. The molecule has 2 aromatic carbocycles. The molecule has 0 fully saturated rings. The number of Topliss-reactive ketones (excluding diaryl/α,β-unsaturated/α-hetero) is 1. The Morgan fingerprint density at radius 3 is 2.29 bits per heavy atom. The van der Waals surface area contributed by atoms with Crippen LogP contribution in [0.1, 0.15) is 18.1 Å². The number of hydrogen-bond donors (Lipinski definition) is 0. The summed E-state index contributed by atoms with van der Waals surface area (Å²) in [5.74, 6) is -0.333. The Kier molecular flexibility index (Phi) is 4.58. The van der Waals surface area contributed by atoms with Gasteiger partial charge >= 0.3 is 0 Å². The van der Waals surface area contributed by atoms with E-state index >= 15 is 0 Å². The van der Waals surface area contributed by atoms with Crippen LogP contribution in [0.4, 0.5) is 0 Å².